The highest BCUT2D eigenvalue weighted by atomic mass is 32.2. The van der Waals surface area contributed by atoms with E-state index in [0.717, 1.165) is 5.82 Å². The Bertz CT molecular complexity index is 650. The second-order valence-corrected chi connectivity index (χ2v) is 7.50. The molecule has 1 fully saturated rings. The molecule has 20 heavy (non-hydrogen) atoms. The molecular formula is C12H14N4O2S2. The van der Waals surface area contributed by atoms with Crippen molar-refractivity contribution in [2.24, 2.45) is 0 Å². The molecule has 0 atom stereocenters. The molecule has 0 radical (unpaired) electrons. The van der Waals surface area contributed by atoms with Crippen molar-refractivity contribution in [3.8, 4) is 0 Å². The predicted molar refractivity (Wildman–Crippen MR) is 77.3 cm³/mol. The van der Waals surface area contributed by atoms with E-state index < -0.39 is 10.0 Å². The van der Waals surface area contributed by atoms with Crippen molar-refractivity contribution in [1.29, 1.82) is 0 Å². The number of thiophene rings is 1. The Morgan fingerprint density at radius 1 is 1.15 bits per heavy atom. The van der Waals surface area contributed by atoms with Gasteiger partial charge in [-0.2, -0.15) is 4.31 Å². The summed E-state index contributed by atoms with van der Waals surface area (Å²) in [6, 6.07) is 3.41. The van der Waals surface area contributed by atoms with Gasteiger partial charge in [0.1, 0.15) is 10.0 Å². The highest BCUT2D eigenvalue weighted by Gasteiger charge is 2.29. The zero-order valence-electron chi connectivity index (χ0n) is 10.7. The minimum Gasteiger partial charge on any atom is -0.353 e. The lowest BCUT2D eigenvalue weighted by Gasteiger charge is -2.34. The third-order valence-electron chi connectivity index (χ3n) is 3.20. The largest absolute Gasteiger partial charge is 0.353 e. The maximum absolute atomic E-state index is 12.4. The van der Waals surface area contributed by atoms with Crippen LogP contribution in [0.2, 0.25) is 0 Å². The van der Waals surface area contributed by atoms with E-state index in [9.17, 15) is 8.42 Å². The minimum atomic E-state index is -3.34. The smallest absolute Gasteiger partial charge is 0.252 e. The molecule has 3 rings (SSSR count). The van der Waals surface area contributed by atoms with E-state index >= 15 is 0 Å². The Hall–Kier alpha value is -1.51. The lowest BCUT2D eigenvalue weighted by molar-refractivity contribution is 0.384. The lowest BCUT2D eigenvalue weighted by Crippen LogP contribution is -2.48. The van der Waals surface area contributed by atoms with E-state index in [0.29, 0.717) is 30.4 Å². The first-order chi connectivity index (χ1) is 9.68. The van der Waals surface area contributed by atoms with Gasteiger partial charge in [-0.25, -0.2) is 13.4 Å². The first kappa shape index (κ1) is 13.5. The second-order valence-electron chi connectivity index (χ2n) is 4.39. The molecule has 2 aromatic rings. The SMILES string of the molecule is O=S(=O)(c1cccs1)N1CCN(c2cnccn2)CC1. The Labute approximate surface area is 121 Å². The summed E-state index contributed by atoms with van der Waals surface area (Å²) < 4.78 is 26.7. The molecule has 0 unspecified atom stereocenters. The van der Waals surface area contributed by atoms with Crippen molar-refractivity contribution in [1.82, 2.24) is 14.3 Å². The van der Waals surface area contributed by atoms with E-state index in [1.807, 2.05) is 4.90 Å². The lowest BCUT2D eigenvalue weighted by atomic mass is 10.3. The second kappa shape index (κ2) is 5.47. The molecule has 6 nitrogen and oxygen atoms in total. The van der Waals surface area contributed by atoms with E-state index in [1.54, 1.807) is 36.1 Å². The molecule has 0 bridgehead atoms. The van der Waals surface area contributed by atoms with Gasteiger partial charge < -0.3 is 4.90 Å². The van der Waals surface area contributed by atoms with Crippen LogP contribution < -0.4 is 4.90 Å². The van der Waals surface area contributed by atoms with E-state index in [2.05, 4.69) is 9.97 Å². The van der Waals surface area contributed by atoms with Gasteiger partial charge in [-0.05, 0) is 11.4 Å². The number of aromatic nitrogens is 2. The predicted octanol–water partition coefficient (Wildman–Crippen LogP) is 1.05. The van der Waals surface area contributed by atoms with Gasteiger partial charge in [-0.1, -0.05) is 6.07 Å². The van der Waals surface area contributed by atoms with Crippen LogP contribution in [-0.4, -0.2) is 48.9 Å². The van der Waals surface area contributed by atoms with Crippen LogP contribution in [0.3, 0.4) is 0 Å². The van der Waals surface area contributed by atoms with Crippen molar-refractivity contribution in [2.75, 3.05) is 31.1 Å². The van der Waals surface area contributed by atoms with Crippen LogP contribution in [0.5, 0.6) is 0 Å². The first-order valence-corrected chi connectivity index (χ1v) is 8.54. The molecule has 106 valence electrons. The summed E-state index contributed by atoms with van der Waals surface area (Å²) in [6.07, 6.45) is 4.97. The number of piperazine rings is 1. The first-order valence-electron chi connectivity index (χ1n) is 6.22. The Kier molecular flexibility index (Phi) is 3.68. The number of sulfonamides is 1. The number of hydrogen-bond acceptors (Lipinski definition) is 6. The summed E-state index contributed by atoms with van der Waals surface area (Å²) >= 11 is 1.26. The van der Waals surface area contributed by atoms with E-state index in [1.165, 1.54) is 15.6 Å². The summed E-state index contributed by atoms with van der Waals surface area (Å²) in [5.74, 6) is 0.792. The molecule has 1 saturated heterocycles. The van der Waals surface area contributed by atoms with Crippen molar-refractivity contribution in [3.63, 3.8) is 0 Å². The topological polar surface area (TPSA) is 66.4 Å². The van der Waals surface area contributed by atoms with Crippen molar-refractivity contribution >= 4 is 27.2 Å². The number of anilines is 1. The van der Waals surface area contributed by atoms with Crippen molar-refractivity contribution in [3.05, 3.63) is 36.1 Å². The van der Waals surface area contributed by atoms with Gasteiger partial charge in [0.15, 0.2) is 0 Å². The fraction of sp³-hybridized carbons (Fsp3) is 0.333. The van der Waals surface area contributed by atoms with Gasteiger partial charge in [0, 0.05) is 38.6 Å². The summed E-state index contributed by atoms with van der Waals surface area (Å²) in [5, 5.41) is 1.78. The monoisotopic (exact) mass is 310 g/mol. The molecule has 8 heteroatoms. The number of hydrogen-bond donors (Lipinski definition) is 0. The third kappa shape index (κ3) is 2.54. The normalized spacial score (nSPS) is 17.3. The molecule has 0 N–H and O–H groups in total. The fourth-order valence-electron chi connectivity index (χ4n) is 2.15. The summed E-state index contributed by atoms with van der Waals surface area (Å²) in [7, 11) is -3.34. The van der Waals surface area contributed by atoms with Crippen LogP contribution in [0, 0.1) is 0 Å². The van der Waals surface area contributed by atoms with Gasteiger partial charge in [-0.3, -0.25) is 4.98 Å². The average molecular weight is 310 g/mol. The molecule has 0 amide bonds. The number of rotatable bonds is 3. The summed E-state index contributed by atoms with van der Waals surface area (Å²) in [6.45, 7) is 2.19. The molecule has 0 aliphatic carbocycles. The standard InChI is InChI=1S/C12H14N4O2S2/c17-20(18,12-2-1-9-19-12)16-7-5-15(6-8-16)11-10-13-3-4-14-11/h1-4,9-10H,5-8H2. The van der Waals surface area contributed by atoms with Gasteiger partial charge in [0.25, 0.3) is 10.0 Å². The molecule has 1 aliphatic heterocycles. The highest BCUT2D eigenvalue weighted by molar-refractivity contribution is 7.91. The Morgan fingerprint density at radius 2 is 1.95 bits per heavy atom. The summed E-state index contributed by atoms with van der Waals surface area (Å²) in [4.78, 5) is 10.3. The Balaban J connectivity index is 1.70. The average Bonchev–Trinajstić information content (AvgIpc) is 3.03. The number of nitrogens with zero attached hydrogens (tertiary/aromatic N) is 4. The Morgan fingerprint density at radius 3 is 2.55 bits per heavy atom. The molecule has 0 aromatic carbocycles. The highest BCUT2D eigenvalue weighted by Crippen LogP contribution is 2.22. The minimum absolute atomic E-state index is 0.408. The van der Waals surface area contributed by atoms with Gasteiger partial charge >= 0.3 is 0 Å². The van der Waals surface area contributed by atoms with E-state index in [-0.39, 0.29) is 0 Å². The van der Waals surface area contributed by atoms with E-state index in [4.69, 9.17) is 0 Å². The molecule has 2 aromatic heterocycles. The van der Waals surface area contributed by atoms with Crippen molar-refractivity contribution in [2.45, 2.75) is 4.21 Å². The zero-order chi connectivity index (χ0) is 14.0. The van der Waals surface area contributed by atoms with Crippen LogP contribution in [0.25, 0.3) is 0 Å². The molecule has 0 saturated carbocycles. The van der Waals surface area contributed by atoms with Crippen LogP contribution >= 0.6 is 11.3 Å². The summed E-state index contributed by atoms with van der Waals surface area (Å²) in [5.41, 5.74) is 0. The quantitative estimate of drug-likeness (QED) is 0.848. The third-order valence-corrected chi connectivity index (χ3v) is 6.47. The van der Waals surface area contributed by atoms with Crippen LogP contribution in [0.15, 0.2) is 40.3 Å². The molecule has 1 aliphatic rings. The van der Waals surface area contributed by atoms with Crippen LogP contribution in [0.4, 0.5) is 5.82 Å². The van der Waals surface area contributed by atoms with Crippen LogP contribution in [0.1, 0.15) is 0 Å². The molecule has 3 heterocycles. The van der Waals surface area contributed by atoms with Gasteiger partial charge in [-0.15, -0.1) is 11.3 Å². The maximum Gasteiger partial charge on any atom is 0.252 e. The van der Waals surface area contributed by atoms with Gasteiger partial charge in [0.2, 0.25) is 0 Å². The fourth-order valence-corrected chi connectivity index (χ4v) is 4.72. The molecular weight excluding hydrogens is 296 g/mol. The maximum atomic E-state index is 12.4. The van der Waals surface area contributed by atoms with Crippen molar-refractivity contribution < 1.29 is 8.42 Å². The van der Waals surface area contributed by atoms with Crippen LogP contribution in [-0.2, 0) is 10.0 Å². The zero-order valence-corrected chi connectivity index (χ0v) is 12.3. The van der Waals surface area contributed by atoms with Gasteiger partial charge in [0.05, 0.1) is 6.20 Å². The molecule has 0 spiro atoms.